The Morgan fingerprint density at radius 2 is 1.92 bits per heavy atom. The van der Waals surface area contributed by atoms with Gasteiger partial charge in [0.15, 0.2) is 5.79 Å². The highest BCUT2D eigenvalue weighted by atomic mass is 35.5. The maximum atomic E-state index is 12.8. The minimum Gasteiger partial charge on any atom is -0.477 e. The molecule has 26 heavy (non-hydrogen) atoms. The lowest BCUT2D eigenvalue weighted by Gasteiger charge is -2.37. The van der Waals surface area contributed by atoms with Crippen molar-refractivity contribution in [3.05, 3.63) is 34.5 Å². The van der Waals surface area contributed by atoms with Gasteiger partial charge in [-0.1, -0.05) is 11.6 Å². The first-order valence-electron chi connectivity index (χ1n) is 8.56. The number of amides is 1. The third kappa shape index (κ3) is 3.06. The predicted octanol–water partition coefficient (Wildman–Crippen LogP) is 2.43. The average Bonchev–Trinajstić information content (AvgIpc) is 3.21. The van der Waals surface area contributed by atoms with E-state index in [4.69, 9.17) is 21.1 Å². The van der Waals surface area contributed by atoms with Crippen LogP contribution in [0.4, 0.5) is 0 Å². The molecule has 7 nitrogen and oxygen atoms in total. The Morgan fingerprint density at radius 1 is 1.23 bits per heavy atom. The van der Waals surface area contributed by atoms with Crippen LogP contribution in [-0.2, 0) is 20.7 Å². The Labute approximate surface area is 154 Å². The molecule has 1 aromatic heterocycles. The van der Waals surface area contributed by atoms with Gasteiger partial charge in [-0.15, -0.1) is 0 Å². The number of aromatic nitrogens is 1. The molecule has 0 radical (unpaired) electrons. The third-order valence-electron chi connectivity index (χ3n) is 5.10. The van der Waals surface area contributed by atoms with Gasteiger partial charge < -0.3 is 24.5 Å². The van der Waals surface area contributed by atoms with Crippen LogP contribution in [0, 0.1) is 0 Å². The number of halogens is 1. The SMILES string of the molecule is O=C(O)c1[nH]c2ccc(Cl)cc2c1CC(=O)N1CCC2(CC1)OCCO2. The highest BCUT2D eigenvalue weighted by Gasteiger charge is 2.40. The molecule has 4 rings (SSSR count). The number of aromatic amines is 1. The number of carbonyl (C=O) groups is 2. The zero-order valence-corrected chi connectivity index (χ0v) is 14.8. The first kappa shape index (κ1) is 17.3. The van der Waals surface area contributed by atoms with Gasteiger partial charge in [-0.25, -0.2) is 4.79 Å². The van der Waals surface area contributed by atoms with Crippen molar-refractivity contribution in [2.24, 2.45) is 0 Å². The van der Waals surface area contributed by atoms with Crippen LogP contribution in [-0.4, -0.2) is 59.0 Å². The normalized spacial score (nSPS) is 19.3. The van der Waals surface area contributed by atoms with E-state index >= 15 is 0 Å². The van der Waals surface area contributed by atoms with Crippen LogP contribution >= 0.6 is 11.6 Å². The topological polar surface area (TPSA) is 91.9 Å². The van der Waals surface area contributed by atoms with Gasteiger partial charge in [0.1, 0.15) is 5.69 Å². The fraction of sp³-hybridized carbons (Fsp3) is 0.444. The standard InChI is InChI=1S/C18H19ClN2O5/c19-11-1-2-14-12(9-11)13(16(20-14)17(23)24)10-15(22)21-5-3-18(4-6-21)25-7-8-26-18/h1-2,9,20H,3-8,10H2,(H,23,24). The van der Waals surface area contributed by atoms with Crippen molar-refractivity contribution in [2.75, 3.05) is 26.3 Å². The molecule has 1 spiro atoms. The largest absolute Gasteiger partial charge is 0.477 e. The first-order valence-corrected chi connectivity index (χ1v) is 8.94. The summed E-state index contributed by atoms with van der Waals surface area (Å²) in [4.78, 5) is 29.0. The van der Waals surface area contributed by atoms with Crippen molar-refractivity contribution in [1.82, 2.24) is 9.88 Å². The highest BCUT2D eigenvalue weighted by Crippen LogP contribution is 2.32. The van der Waals surface area contributed by atoms with Crippen LogP contribution in [0.3, 0.4) is 0 Å². The zero-order chi connectivity index (χ0) is 18.3. The summed E-state index contributed by atoms with van der Waals surface area (Å²) >= 11 is 6.05. The molecular weight excluding hydrogens is 360 g/mol. The van der Waals surface area contributed by atoms with E-state index < -0.39 is 11.8 Å². The van der Waals surface area contributed by atoms with E-state index in [9.17, 15) is 14.7 Å². The Hall–Kier alpha value is -2.09. The van der Waals surface area contributed by atoms with Gasteiger partial charge in [0.2, 0.25) is 5.91 Å². The Morgan fingerprint density at radius 3 is 2.58 bits per heavy atom. The average molecular weight is 379 g/mol. The summed E-state index contributed by atoms with van der Waals surface area (Å²) in [5.41, 5.74) is 1.15. The molecule has 138 valence electrons. The number of aromatic carboxylic acids is 1. The Bertz CT molecular complexity index is 862. The molecule has 0 atom stereocenters. The number of nitrogens with zero attached hydrogens (tertiary/aromatic N) is 1. The molecule has 0 aliphatic carbocycles. The summed E-state index contributed by atoms with van der Waals surface area (Å²) in [5, 5.41) is 10.6. The van der Waals surface area contributed by atoms with Gasteiger partial charge >= 0.3 is 5.97 Å². The Balaban J connectivity index is 1.55. The van der Waals surface area contributed by atoms with E-state index in [0.717, 1.165) is 0 Å². The molecule has 2 aliphatic heterocycles. The van der Waals surface area contributed by atoms with Crippen molar-refractivity contribution in [3.8, 4) is 0 Å². The maximum Gasteiger partial charge on any atom is 0.352 e. The summed E-state index contributed by atoms with van der Waals surface area (Å²) < 4.78 is 11.4. The molecule has 2 N–H and O–H groups in total. The number of hydrogen-bond acceptors (Lipinski definition) is 4. The number of H-pyrrole nitrogens is 1. The van der Waals surface area contributed by atoms with Gasteiger partial charge in [-0.05, 0) is 18.2 Å². The minimum absolute atomic E-state index is 0.0106. The van der Waals surface area contributed by atoms with Crippen LogP contribution in [0.1, 0.15) is 28.9 Å². The lowest BCUT2D eigenvalue weighted by molar-refractivity contribution is -0.187. The number of nitrogens with one attached hydrogen (secondary N) is 1. The number of carboxylic acid groups (broad SMARTS) is 1. The van der Waals surface area contributed by atoms with E-state index in [0.29, 0.717) is 60.6 Å². The summed E-state index contributed by atoms with van der Waals surface area (Å²) in [5.74, 6) is -1.75. The summed E-state index contributed by atoms with van der Waals surface area (Å²) in [6.07, 6.45) is 1.27. The minimum atomic E-state index is -1.09. The number of carbonyl (C=O) groups excluding carboxylic acids is 1. The smallest absolute Gasteiger partial charge is 0.352 e. The van der Waals surface area contributed by atoms with E-state index in [1.807, 2.05) is 0 Å². The molecule has 1 amide bonds. The van der Waals surface area contributed by atoms with Crippen molar-refractivity contribution in [2.45, 2.75) is 25.0 Å². The number of likely N-dealkylation sites (tertiary alicyclic amines) is 1. The van der Waals surface area contributed by atoms with Crippen molar-refractivity contribution < 1.29 is 24.2 Å². The van der Waals surface area contributed by atoms with Gasteiger partial charge in [-0.2, -0.15) is 0 Å². The quantitative estimate of drug-likeness (QED) is 0.855. The van der Waals surface area contributed by atoms with Crippen LogP contribution in [0.5, 0.6) is 0 Å². The summed E-state index contributed by atoms with van der Waals surface area (Å²) in [6, 6.07) is 5.09. The third-order valence-corrected chi connectivity index (χ3v) is 5.34. The van der Waals surface area contributed by atoms with Gasteiger partial charge in [-0.3, -0.25) is 4.79 Å². The second kappa shape index (κ2) is 6.57. The van der Waals surface area contributed by atoms with E-state index in [1.165, 1.54) is 0 Å². The fourth-order valence-electron chi connectivity index (χ4n) is 3.73. The fourth-order valence-corrected chi connectivity index (χ4v) is 3.90. The molecular formula is C18H19ClN2O5. The van der Waals surface area contributed by atoms with Crippen LogP contribution in [0.15, 0.2) is 18.2 Å². The number of ether oxygens (including phenoxy) is 2. The molecule has 3 heterocycles. The molecule has 1 aromatic carbocycles. The lowest BCUT2D eigenvalue weighted by atomic mass is 10.0. The van der Waals surface area contributed by atoms with Crippen molar-refractivity contribution in [3.63, 3.8) is 0 Å². The monoisotopic (exact) mass is 378 g/mol. The van der Waals surface area contributed by atoms with Gasteiger partial charge in [0.25, 0.3) is 0 Å². The highest BCUT2D eigenvalue weighted by molar-refractivity contribution is 6.31. The van der Waals surface area contributed by atoms with E-state index in [1.54, 1.807) is 23.1 Å². The predicted molar refractivity (Wildman–Crippen MR) is 94.4 cm³/mol. The van der Waals surface area contributed by atoms with Gasteiger partial charge in [0.05, 0.1) is 19.6 Å². The molecule has 2 saturated heterocycles. The molecule has 2 aromatic rings. The second-order valence-corrected chi connectivity index (χ2v) is 7.08. The van der Waals surface area contributed by atoms with Crippen LogP contribution in [0.2, 0.25) is 5.02 Å². The van der Waals surface area contributed by atoms with E-state index in [-0.39, 0.29) is 18.0 Å². The number of carboxylic acids is 1. The molecule has 0 saturated carbocycles. The maximum absolute atomic E-state index is 12.8. The molecule has 2 aliphatic rings. The number of piperidine rings is 1. The summed E-state index contributed by atoms with van der Waals surface area (Å²) in [6.45, 7) is 2.24. The van der Waals surface area contributed by atoms with Gasteiger partial charge in [0, 0.05) is 47.4 Å². The van der Waals surface area contributed by atoms with Crippen molar-refractivity contribution >= 4 is 34.4 Å². The zero-order valence-electron chi connectivity index (χ0n) is 14.1. The molecule has 0 bridgehead atoms. The number of rotatable bonds is 3. The Kier molecular flexibility index (Phi) is 4.38. The molecule has 2 fully saturated rings. The second-order valence-electron chi connectivity index (χ2n) is 6.64. The molecule has 0 unspecified atom stereocenters. The van der Waals surface area contributed by atoms with Crippen LogP contribution < -0.4 is 0 Å². The number of fused-ring (bicyclic) bond motifs is 1. The molecule has 8 heteroatoms. The number of hydrogen-bond donors (Lipinski definition) is 2. The lowest BCUT2D eigenvalue weighted by Crippen LogP contribution is -2.47. The van der Waals surface area contributed by atoms with Crippen molar-refractivity contribution in [1.29, 1.82) is 0 Å². The number of benzene rings is 1. The summed E-state index contributed by atoms with van der Waals surface area (Å²) in [7, 11) is 0. The van der Waals surface area contributed by atoms with Crippen LogP contribution in [0.25, 0.3) is 10.9 Å². The first-order chi connectivity index (χ1) is 12.5. The van der Waals surface area contributed by atoms with E-state index in [2.05, 4.69) is 4.98 Å².